The average Bonchev–Trinajstić information content (AvgIpc) is 3.11. The SMILES string of the molecule is CC1CC(CN)CN1Cc1cc(-c2cccs2)on1. The van der Waals surface area contributed by atoms with Crippen LogP contribution in [0.4, 0.5) is 0 Å². The quantitative estimate of drug-likeness (QED) is 0.933. The van der Waals surface area contributed by atoms with Crippen molar-refractivity contribution < 1.29 is 4.52 Å². The molecule has 2 aromatic heterocycles. The van der Waals surface area contributed by atoms with E-state index in [4.69, 9.17) is 10.3 Å². The molecule has 3 heterocycles. The van der Waals surface area contributed by atoms with Crippen LogP contribution < -0.4 is 5.73 Å². The van der Waals surface area contributed by atoms with Gasteiger partial charge >= 0.3 is 0 Å². The molecule has 19 heavy (non-hydrogen) atoms. The summed E-state index contributed by atoms with van der Waals surface area (Å²) in [5.41, 5.74) is 6.77. The second kappa shape index (κ2) is 5.45. The summed E-state index contributed by atoms with van der Waals surface area (Å²) in [5, 5.41) is 6.23. The molecule has 5 heteroatoms. The van der Waals surface area contributed by atoms with Crippen LogP contribution in [-0.4, -0.2) is 29.2 Å². The molecular formula is C14H19N3OS. The van der Waals surface area contributed by atoms with E-state index in [0.717, 1.165) is 36.0 Å². The standard InChI is InChI=1S/C14H19N3OS/c1-10-5-11(7-15)8-17(10)9-12-6-13(18-16-12)14-3-2-4-19-14/h2-4,6,10-11H,5,7-9,15H2,1H3. The van der Waals surface area contributed by atoms with E-state index in [1.54, 1.807) is 11.3 Å². The summed E-state index contributed by atoms with van der Waals surface area (Å²) in [6, 6.07) is 6.71. The molecule has 2 unspecified atom stereocenters. The van der Waals surface area contributed by atoms with Crippen LogP contribution in [0.25, 0.3) is 10.6 Å². The van der Waals surface area contributed by atoms with Crippen LogP contribution in [0.1, 0.15) is 19.0 Å². The first kappa shape index (κ1) is 12.8. The van der Waals surface area contributed by atoms with Crippen LogP contribution in [-0.2, 0) is 6.54 Å². The minimum atomic E-state index is 0.579. The predicted molar refractivity (Wildman–Crippen MR) is 76.8 cm³/mol. The van der Waals surface area contributed by atoms with E-state index in [-0.39, 0.29) is 0 Å². The Bertz CT molecular complexity index is 523. The monoisotopic (exact) mass is 277 g/mol. The maximum absolute atomic E-state index is 5.76. The van der Waals surface area contributed by atoms with Gasteiger partial charge in [0.2, 0.25) is 0 Å². The second-order valence-corrected chi connectivity index (χ2v) is 6.22. The molecular weight excluding hydrogens is 258 g/mol. The molecule has 0 radical (unpaired) electrons. The Hall–Kier alpha value is -1.17. The normalized spacial score (nSPS) is 24.1. The second-order valence-electron chi connectivity index (χ2n) is 5.28. The third-order valence-corrected chi connectivity index (χ3v) is 4.70. The van der Waals surface area contributed by atoms with Crippen molar-refractivity contribution in [1.82, 2.24) is 10.1 Å². The number of likely N-dealkylation sites (tertiary alicyclic amines) is 1. The zero-order valence-corrected chi connectivity index (χ0v) is 11.9. The van der Waals surface area contributed by atoms with Crippen molar-refractivity contribution in [3.63, 3.8) is 0 Å². The van der Waals surface area contributed by atoms with Crippen LogP contribution in [0.5, 0.6) is 0 Å². The maximum atomic E-state index is 5.76. The lowest BCUT2D eigenvalue weighted by molar-refractivity contribution is 0.247. The molecule has 0 aromatic carbocycles. The zero-order valence-electron chi connectivity index (χ0n) is 11.1. The Morgan fingerprint density at radius 3 is 3.16 bits per heavy atom. The molecule has 0 amide bonds. The Morgan fingerprint density at radius 2 is 2.47 bits per heavy atom. The van der Waals surface area contributed by atoms with Gasteiger partial charge in [0, 0.05) is 25.2 Å². The molecule has 1 aliphatic heterocycles. The summed E-state index contributed by atoms with van der Waals surface area (Å²) in [4.78, 5) is 3.57. The highest BCUT2D eigenvalue weighted by atomic mass is 32.1. The van der Waals surface area contributed by atoms with Crippen molar-refractivity contribution in [3.05, 3.63) is 29.3 Å². The molecule has 1 saturated heterocycles. The lowest BCUT2D eigenvalue weighted by Crippen LogP contribution is -2.27. The van der Waals surface area contributed by atoms with Gasteiger partial charge in [-0.25, -0.2) is 0 Å². The zero-order chi connectivity index (χ0) is 13.2. The Balaban J connectivity index is 1.68. The minimum Gasteiger partial charge on any atom is -0.355 e. The molecule has 1 aliphatic rings. The summed E-state index contributed by atoms with van der Waals surface area (Å²) in [6.07, 6.45) is 1.19. The minimum absolute atomic E-state index is 0.579. The van der Waals surface area contributed by atoms with Crippen molar-refractivity contribution in [1.29, 1.82) is 0 Å². The number of hydrogen-bond acceptors (Lipinski definition) is 5. The highest BCUT2D eigenvalue weighted by molar-refractivity contribution is 7.13. The first-order valence-electron chi connectivity index (χ1n) is 6.70. The molecule has 4 nitrogen and oxygen atoms in total. The van der Waals surface area contributed by atoms with Gasteiger partial charge in [-0.2, -0.15) is 0 Å². The third kappa shape index (κ3) is 2.73. The molecule has 0 saturated carbocycles. The van der Waals surface area contributed by atoms with Gasteiger partial charge in [0.15, 0.2) is 5.76 Å². The smallest absolute Gasteiger partial charge is 0.177 e. The molecule has 3 rings (SSSR count). The number of hydrogen-bond donors (Lipinski definition) is 1. The first-order valence-corrected chi connectivity index (χ1v) is 7.58. The van der Waals surface area contributed by atoms with Gasteiger partial charge in [-0.15, -0.1) is 11.3 Å². The van der Waals surface area contributed by atoms with Crippen LogP contribution in [0, 0.1) is 5.92 Å². The highest BCUT2D eigenvalue weighted by Crippen LogP contribution is 2.27. The van der Waals surface area contributed by atoms with E-state index >= 15 is 0 Å². The molecule has 2 aromatic rings. The topological polar surface area (TPSA) is 55.3 Å². The molecule has 0 spiro atoms. The van der Waals surface area contributed by atoms with Crippen LogP contribution in [0.15, 0.2) is 28.1 Å². The van der Waals surface area contributed by atoms with Crippen molar-refractivity contribution in [2.75, 3.05) is 13.1 Å². The van der Waals surface area contributed by atoms with Crippen molar-refractivity contribution in [2.45, 2.75) is 25.9 Å². The molecule has 1 fully saturated rings. The average molecular weight is 277 g/mol. The summed E-state index contributed by atoms with van der Waals surface area (Å²) in [5.74, 6) is 1.49. The first-order chi connectivity index (χ1) is 9.26. The van der Waals surface area contributed by atoms with E-state index in [1.807, 2.05) is 17.5 Å². The molecule has 2 N–H and O–H groups in total. The van der Waals surface area contributed by atoms with E-state index in [0.29, 0.717) is 12.0 Å². The van der Waals surface area contributed by atoms with Gasteiger partial charge < -0.3 is 10.3 Å². The number of aromatic nitrogens is 1. The summed E-state index contributed by atoms with van der Waals surface area (Å²) >= 11 is 1.67. The molecule has 0 aliphatic carbocycles. The summed E-state index contributed by atoms with van der Waals surface area (Å²) < 4.78 is 5.42. The van der Waals surface area contributed by atoms with Crippen LogP contribution in [0.3, 0.4) is 0 Å². The summed E-state index contributed by atoms with van der Waals surface area (Å²) in [7, 11) is 0. The number of rotatable bonds is 4. The molecule has 102 valence electrons. The largest absolute Gasteiger partial charge is 0.355 e. The van der Waals surface area contributed by atoms with E-state index in [1.165, 1.54) is 6.42 Å². The van der Waals surface area contributed by atoms with Crippen molar-refractivity contribution in [2.24, 2.45) is 11.7 Å². The molecule has 2 atom stereocenters. The van der Waals surface area contributed by atoms with Gasteiger partial charge in [0.05, 0.1) is 10.6 Å². The van der Waals surface area contributed by atoms with Gasteiger partial charge in [0.25, 0.3) is 0 Å². The van der Waals surface area contributed by atoms with Gasteiger partial charge in [-0.1, -0.05) is 11.2 Å². The number of thiophene rings is 1. The van der Waals surface area contributed by atoms with E-state index in [2.05, 4.69) is 23.0 Å². The maximum Gasteiger partial charge on any atom is 0.177 e. The summed E-state index contributed by atoms with van der Waals surface area (Å²) in [6.45, 7) is 4.96. The Labute approximate surface area is 117 Å². The van der Waals surface area contributed by atoms with E-state index < -0.39 is 0 Å². The van der Waals surface area contributed by atoms with Gasteiger partial charge in [-0.3, -0.25) is 4.90 Å². The fourth-order valence-corrected chi connectivity index (χ4v) is 3.41. The fraction of sp³-hybridized carbons (Fsp3) is 0.500. The Kier molecular flexibility index (Phi) is 3.68. The number of nitrogens with zero attached hydrogens (tertiary/aromatic N) is 2. The van der Waals surface area contributed by atoms with Gasteiger partial charge in [-0.05, 0) is 37.3 Å². The fourth-order valence-electron chi connectivity index (χ4n) is 2.74. The van der Waals surface area contributed by atoms with Crippen LogP contribution in [0.2, 0.25) is 0 Å². The molecule has 0 bridgehead atoms. The third-order valence-electron chi connectivity index (χ3n) is 3.81. The van der Waals surface area contributed by atoms with Gasteiger partial charge in [0.1, 0.15) is 0 Å². The highest BCUT2D eigenvalue weighted by Gasteiger charge is 2.28. The van der Waals surface area contributed by atoms with Crippen molar-refractivity contribution in [3.8, 4) is 10.6 Å². The number of nitrogens with two attached hydrogens (primary N) is 1. The Morgan fingerprint density at radius 1 is 1.58 bits per heavy atom. The van der Waals surface area contributed by atoms with E-state index in [9.17, 15) is 0 Å². The lowest BCUT2D eigenvalue weighted by atomic mass is 10.1. The lowest BCUT2D eigenvalue weighted by Gasteiger charge is -2.19. The van der Waals surface area contributed by atoms with Crippen LogP contribution >= 0.6 is 11.3 Å². The van der Waals surface area contributed by atoms with Crippen molar-refractivity contribution >= 4 is 11.3 Å². The predicted octanol–water partition coefficient (Wildman–Crippen LogP) is 2.57.